The molecule has 0 aliphatic carbocycles. The van der Waals surface area contributed by atoms with E-state index in [0.29, 0.717) is 9.88 Å². The maximum Gasteiger partial charge on any atom is 0.266 e. The number of hydrogen-bond acceptors (Lipinski definition) is 4. The zero-order chi connectivity index (χ0) is 22.5. The third kappa shape index (κ3) is 5.60. The number of carbonyl (C=O) groups excluding carboxylic acids is 2. The standard InChI is InChI=1S/C25H26FN3O2S/c1-17-13-22(28-24(30)19-8-6-9-20(26)15-19)32-23(17)25(31)27-21-10-5-7-18(14-21)16-29-11-3-2-4-12-29/h5-10,13-15H,2-4,11-12,16H2,1H3,(H,27,31)(H,28,30). The lowest BCUT2D eigenvalue weighted by Crippen LogP contribution is -2.29. The molecular weight excluding hydrogens is 425 g/mol. The predicted molar refractivity (Wildman–Crippen MR) is 127 cm³/mol. The van der Waals surface area contributed by atoms with E-state index in [4.69, 9.17) is 0 Å². The molecule has 3 aromatic rings. The van der Waals surface area contributed by atoms with Crippen molar-refractivity contribution in [2.24, 2.45) is 0 Å². The van der Waals surface area contributed by atoms with E-state index in [1.165, 1.54) is 54.4 Å². The van der Waals surface area contributed by atoms with Crippen molar-refractivity contribution in [1.82, 2.24) is 4.90 Å². The van der Waals surface area contributed by atoms with Crippen LogP contribution in [0.25, 0.3) is 0 Å². The molecule has 1 aromatic heterocycles. The third-order valence-electron chi connectivity index (χ3n) is 5.49. The highest BCUT2D eigenvalue weighted by atomic mass is 32.1. The van der Waals surface area contributed by atoms with Gasteiger partial charge >= 0.3 is 0 Å². The van der Waals surface area contributed by atoms with Crippen LogP contribution in [0.2, 0.25) is 0 Å². The van der Waals surface area contributed by atoms with Gasteiger partial charge in [-0.25, -0.2) is 4.39 Å². The molecule has 1 saturated heterocycles. The number of piperidine rings is 1. The number of anilines is 2. The second kappa shape index (κ2) is 10.1. The molecular formula is C25H26FN3O2S. The van der Waals surface area contributed by atoms with Gasteiger partial charge in [-0.1, -0.05) is 24.6 Å². The number of nitrogens with one attached hydrogen (secondary N) is 2. The zero-order valence-corrected chi connectivity index (χ0v) is 18.8. The molecule has 32 heavy (non-hydrogen) atoms. The van der Waals surface area contributed by atoms with Crippen LogP contribution in [0.4, 0.5) is 15.1 Å². The van der Waals surface area contributed by atoms with Crippen molar-refractivity contribution < 1.29 is 14.0 Å². The van der Waals surface area contributed by atoms with E-state index in [9.17, 15) is 14.0 Å². The van der Waals surface area contributed by atoms with Crippen LogP contribution in [-0.4, -0.2) is 29.8 Å². The Morgan fingerprint density at radius 2 is 1.75 bits per heavy atom. The minimum absolute atomic E-state index is 0.214. The minimum Gasteiger partial charge on any atom is -0.321 e. The summed E-state index contributed by atoms with van der Waals surface area (Å²) in [4.78, 5) is 28.2. The number of halogens is 1. The predicted octanol–water partition coefficient (Wildman–Crippen LogP) is 5.69. The second-order valence-electron chi connectivity index (χ2n) is 8.08. The molecule has 2 N–H and O–H groups in total. The third-order valence-corrected chi connectivity index (χ3v) is 6.64. The topological polar surface area (TPSA) is 61.4 Å². The van der Waals surface area contributed by atoms with Gasteiger partial charge in [-0.3, -0.25) is 14.5 Å². The molecule has 1 aliphatic heterocycles. The van der Waals surface area contributed by atoms with Crippen LogP contribution in [0.3, 0.4) is 0 Å². The molecule has 0 radical (unpaired) electrons. The Labute approximate surface area is 191 Å². The number of amides is 2. The van der Waals surface area contributed by atoms with Gasteiger partial charge in [0.05, 0.1) is 9.88 Å². The highest BCUT2D eigenvalue weighted by Gasteiger charge is 2.17. The quantitative estimate of drug-likeness (QED) is 0.506. The first-order valence-electron chi connectivity index (χ1n) is 10.8. The molecule has 5 nitrogen and oxygen atoms in total. The van der Waals surface area contributed by atoms with Gasteiger partial charge in [0.25, 0.3) is 11.8 Å². The molecule has 166 valence electrons. The van der Waals surface area contributed by atoms with Gasteiger partial charge < -0.3 is 10.6 Å². The Kier molecular flexibility index (Phi) is 6.97. The van der Waals surface area contributed by atoms with Crippen molar-refractivity contribution in [3.63, 3.8) is 0 Å². The number of hydrogen-bond donors (Lipinski definition) is 2. The molecule has 1 aliphatic rings. The Bertz CT molecular complexity index is 1120. The first-order valence-corrected chi connectivity index (χ1v) is 11.6. The first kappa shape index (κ1) is 22.2. The SMILES string of the molecule is Cc1cc(NC(=O)c2cccc(F)c2)sc1C(=O)Nc1cccc(CN2CCCCC2)c1. The molecule has 0 unspecified atom stereocenters. The van der Waals surface area contributed by atoms with Crippen molar-refractivity contribution in [1.29, 1.82) is 0 Å². The molecule has 0 atom stereocenters. The van der Waals surface area contributed by atoms with Crippen molar-refractivity contribution in [2.75, 3.05) is 23.7 Å². The molecule has 2 aromatic carbocycles. The van der Waals surface area contributed by atoms with E-state index in [0.717, 1.165) is 30.9 Å². The van der Waals surface area contributed by atoms with Crippen LogP contribution in [0.1, 0.15) is 50.4 Å². The summed E-state index contributed by atoms with van der Waals surface area (Å²) in [5.74, 6) is -1.10. The molecule has 1 fully saturated rings. The summed E-state index contributed by atoms with van der Waals surface area (Å²) in [5, 5.41) is 6.26. The van der Waals surface area contributed by atoms with Crippen molar-refractivity contribution >= 4 is 33.8 Å². The zero-order valence-electron chi connectivity index (χ0n) is 18.0. The van der Waals surface area contributed by atoms with Crippen LogP contribution < -0.4 is 10.6 Å². The summed E-state index contributed by atoms with van der Waals surface area (Å²) >= 11 is 1.20. The fraction of sp³-hybridized carbons (Fsp3) is 0.280. The number of benzene rings is 2. The van der Waals surface area contributed by atoms with Gasteiger partial charge in [-0.2, -0.15) is 0 Å². The normalized spacial score (nSPS) is 14.2. The summed E-state index contributed by atoms with van der Waals surface area (Å²) in [6.45, 7) is 4.96. The molecule has 0 saturated carbocycles. The minimum atomic E-state index is -0.470. The van der Waals surface area contributed by atoms with Gasteiger partial charge in [-0.05, 0) is 80.4 Å². The highest BCUT2D eigenvalue weighted by molar-refractivity contribution is 7.18. The second-order valence-corrected chi connectivity index (χ2v) is 9.13. The molecule has 4 rings (SSSR count). The number of likely N-dealkylation sites (tertiary alicyclic amines) is 1. The summed E-state index contributed by atoms with van der Waals surface area (Å²) in [5.41, 5.74) is 2.93. The van der Waals surface area contributed by atoms with E-state index in [1.807, 2.05) is 25.1 Å². The average molecular weight is 452 g/mol. The number of aryl methyl sites for hydroxylation is 1. The van der Waals surface area contributed by atoms with Crippen LogP contribution in [0.15, 0.2) is 54.6 Å². The highest BCUT2D eigenvalue weighted by Crippen LogP contribution is 2.28. The van der Waals surface area contributed by atoms with Crippen LogP contribution >= 0.6 is 11.3 Å². The van der Waals surface area contributed by atoms with E-state index in [2.05, 4.69) is 21.6 Å². The van der Waals surface area contributed by atoms with Gasteiger partial charge in [0.2, 0.25) is 0 Å². The van der Waals surface area contributed by atoms with Gasteiger partial charge in [0.15, 0.2) is 0 Å². The lowest BCUT2D eigenvalue weighted by Gasteiger charge is -2.26. The Morgan fingerprint density at radius 1 is 0.969 bits per heavy atom. The molecule has 0 bridgehead atoms. The number of rotatable bonds is 6. The largest absolute Gasteiger partial charge is 0.321 e. The molecule has 2 amide bonds. The van der Waals surface area contributed by atoms with Crippen molar-refractivity contribution in [3.05, 3.63) is 82.0 Å². The van der Waals surface area contributed by atoms with E-state index < -0.39 is 11.7 Å². The Morgan fingerprint density at radius 3 is 2.53 bits per heavy atom. The average Bonchev–Trinajstić information content (AvgIpc) is 3.15. The number of nitrogens with zero attached hydrogens (tertiary/aromatic N) is 1. The summed E-state index contributed by atoms with van der Waals surface area (Å²) < 4.78 is 13.4. The summed E-state index contributed by atoms with van der Waals surface area (Å²) in [7, 11) is 0. The summed E-state index contributed by atoms with van der Waals surface area (Å²) in [6.07, 6.45) is 3.79. The fourth-order valence-electron chi connectivity index (χ4n) is 3.89. The van der Waals surface area contributed by atoms with Crippen LogP contribution in [-0.2, 0) is 6.54 Å². The Hall–Kier alpha value is -3.03. The lowest BCUT2D eigenvalue weighted by molar-refractivity contribution is 0.101. The van der Waals surface area contributed by atoms with Crippen molar-refractivity contribution in [2.45, 2.75) is 32.7 Å². The van der Waals surface area contributed by atoms with E-state index in [-0.39, 0.29) is 11.5 Å². The van der Waals surface area contributed by atoms with Gasteiger partial charge in [-0.15, -0.1) is 11.3 Å². The smallest absolute Gasteiger partial charge is 0.266 e. The summed E-state index contributed by atoms with van der Waals surface area (Å²) in [6, 6.07) is 15.2. The van der Waals surface area contributed by atoms with Crippen LogP contribution in [0, 0.1) is 12.7 Å². The maximum atomic E-state index is 13.4. The van der Waals surface area contributed by atoms with Crippen molar-refractivity contribution in [3.8, 4) is 0 Å². The fourth-order valence-corrected chi connectivity index (χ4v) is 4.86. The van der Waals surface area contributed by atoms with Gasteiger partial charge in [0.1, 0.15) is 5.82 Å². The van der Waals surface area contributed by atoms with Crippen LogP contribution in [0.5, 0.6) is 0 Å². The maximum absolute atomic E-state index is 13.4. The Balaban J connectivity index is 1.41. The first-order chi connectivity index (χ1) is 15.5. The number of carbonyl (C=O) groups is 2. The molecule has 2 heterocycles. The number of thiophene rings is 1. The monoisotopic (exact) mass is 451 g/mol. The molecule has 0 spiro atoms. The molecule has 7 heteroatoms. The van der Waals surface area contributed by atoms with Gasteiger partial charge in [0, 0.05) is 17.8 Å². The van der Waals surface area contributed by atoms with E-state index >= 15 is 0 Å². The lowest BCUT2D eigenvalue weighted by atomic mass is 10.1. The van der Waals surface area contributed by atoms with E-state index in [1.54, 1.807) is 12.1 Å².